The monoisotopic (exact) mass is 233 g/mol. The van der Waals surface area contributed by atoms with Crippen LogP contribution >= 0.6 is 0 Å². The lowest BCUT2D eigenvalue weighted by atomic mass is 9.95. The third-order valence-electron chi connectivity index (χ3n) is 4.47. The Labute approximate surface area is 102 Å². The van der Waals surface area contributed by atoms with Gasteiger partial charge in [-0.25, -0.2) is 4.39 Å². The van der Waals surface area contributed by atoms with Gasteiger partial charge in [0, 0.05) is 6.04 Å². The minimum Gasteiger partial charge on any atom is -0.313 e. The molecule has 2 bridgehead atoms. The van der Waals surface area contributed by atoms with E-state index in [0.29, 0.717) is 0 Å². The van der Waals surface area contributed by atoms with Gasteiger partial charge in [-0.15, -0.1) is 0 Å². The van der Waals surface area contributed by atoms with Crippen LogP contribution in [0.15, 0.2) is 24.3 Å². The summed E-state index contributed by atoms with van der Waals surface area (Å²) in [7, 11) is 0. The molecule has 2 aliphatic carbocycles. The molecular formula is C15H20FN. The largest absolute Gasteiger partial charge is 0.313 e. The second kappa shape index (κ2) is 4.77. The first-order chi connectivity index (χ1) is 8.31. The molecule has 17 heavy (non-hydrogen) atoms. The van der Waals surface area contributed by atoms with E-state index in [4.69, 9.17) is 0 Å². The molecule has 2 saturated carbocycles. The Morgan fingerprint density at radius 2 is 1.94 bits per heavy atom. The number of hydrogen-bond donors (Lipinski definition) is 1. The predicted octanol–water partition coefficient (Wildman–Crippen LogP) is 3.15. The zero-order chi connectivity index (χ0) is 11.7. The molecule has 3 unspecified atom stereocenters. The molecule has 0 spiro atoms. The van der Waals surface area contributed by atoms with Crippen molar-refractivity contribution in [1.82, 2.24) is 5.32 Å². The summed E-state index contributed by atoms with van der Waals surface area (Å²) in [5.41, 5.74) is 1.22. The fourth-order valence-corrected chi connectivity index (χ4v) is 3.55. The van der Waals surface area contributed by atoms with Gasteiger partial charge in [-0.05, 0) is 61.8 Å². The Kier molecular flexibility index (Phi) is 3.15. The molecule has 1 aromatic rings. The van der Waals surface area contributed by atoms with Crippen molar-refractivity contribution in [3.8, 4) is 0 Å². The summed E-state index contributed by atoms with van der Waals surface area (Å²) in [6.07, 6.45) is 6.73. The molecule has 0 radical (unpaired) electrons. The van der Waals surface area contributed by atoms with E-state index in [0.717, 1.165) is 30.8 Å². The highest BCUT2D eigenvalue weighted by Gasteiger charge is 2.38. The summed E-state index contributed by atoms with van der Waals surface area (Å²) in [5, 5.41) is 3.68. The maximum absolute atomic E-state index is 12.7. The number of fused-ring (bicyclic) bond motifs is 2. The van der Waals surface area contributed by atoms with Gasteiger partial charge in [-0.2, -0.15) is 0 Å². The van der Waals surface area contributed by atoms with Gasteiger partial charge in [-0.1, -0.05) is 18.6 Å². The smallest absolute Gasteiger partial charge is 0.123 e. The van der Waals surface area contributed by atoms with E-state index in [1.807, 2.05) is 12.1 Å². The van der Waals surface area contributed by atoms with Gasteiger partial charge >= 0.3 is 0 Å². The highest BCUT2D eigenvalue weighted by atomic mass is 19.1. The highest BCUT2D eigenvalue weighted by Crippen LogP contribution is 2.44. The first-order valence-corrected chi connectivity index (χ1v) is 6.79. The fraction of sp³-hybridized carbons (Fsp3) is 0.600. The van der Waals surface area contributed by atoms with E-state index in [2.05, 4.69) is 5.32 Å². The lowest BCUT2D eigenvalue weighted by Crippen LogP contribution is -2.35. The average molecular weight is 233 g/mol. The van der Waals surface area contributed by atoms with Gasteiger partial charge < -0.3 is 5.32 Å². The Morgan fingerprint density at radius 3 is 2.59 bits per heavy atom. The molecule has 92 valence electrons. The van der Waals surface area contributed by atoms with E-state index in [9.17, 15) is 4.39 Å². The van der Waals surface area contributed by atoms with Crippen LogP contribution in [0.5, 0.6) is 0 Å². The third-order valence-corrected chi connectivity index (χ3v) is 4.47. The second-order valence-electron chi connectivity index (χ2n) is 5.61. The number of benzene rings is 1. The topological polar surface area (TPSA) is 12.0 Å². The van der Waals surface area contributed by atoms with Gasteiger partial charge in [0.1, 0.15) is 5.82 Å². The highest BCUT2D eigenvalue weighted by molar-refractivity contribution is 5.16. The quantitative estimate of drug-likeness (QED) is 0.842. The van der Waals surface area contributed by atoms with Gasteiger partial charge in [0.15, 0.2) is 0 Å². The minimum atomic E-state index is -0.144. The van der Waals surface area contributed by atoms with Crippen molar-refractivity contribution in [3.63, 3.8) is 0 Å². The average Bonchev–Trinajstić information content (AvgIpc) is 2.94. The second-order valence-corrected chi connectivity index (χ2v) is 5.61. The molecule has 0 aliphatic heterocycles. The molecule has 2 aliphatic rings. The zero-order valence-electron chi connectivity index (χ0n) is 10.2. The van der Waals surface area contributed by atoms with Gasteiger partial charge in [0.25, 0.3) is 0 Å². The van der Waals surface area contributed by atoms with E-state index < -0.39 is 0 Å². The van der Waals surface area contributed by atoms with Crippen LogP contribution in [0.3, 0.4) is 0 Å². The Balaban J connectivity index is 1.45. The molecule has 0 aromatic heterocycles. The van der Waals surface area contributed by atoms with Crippen LogP contribution in [-0.4, -0.2) is 12.6 Å². The van der Waals surface area contributed by atoms with Gasteiger partial charge in [0.2, 0.25) is 0 Å². The number of halogens is 1. The Hall–Kier alpha value is -0.890. The van der Waals surface area contributed by atoms with E-state index in [-0.39, 0.29) is 5.82 Å². The van der Waals surface area contributed by atoms with Crippen LogP contribution < -0.4 is 5.32 Å². The summed E-state index contributed by atoms with van der Waals surface area (Å²) in [5.74, 6) is 1.80. The molecule has 0 saturated heterocycles. The molecule has 3 rings (SSSR count). The SMILES string of the molecule is Fc1ccc(CCNC2CC3CCC2C3)cc1. The molecular weight excluding hydrogens is 213 g/mol. The summed E-state index contributed by atoms with van der Waals surface area (Å²) >= 11 is 0. The maximum Gasteiger partial charge on any atom is 0.123 e. The molecule has 2 heteroatoms. The molecule has 1 N–H and O–H groups in total. The normalized spacial score (nSPS) is 31.0. The fourth-order valence-electron chi connectivity index (χ4n) is 3.55. The number of nitrogens with one attached hydrogen (secondary N) is 1. The van der Waals surface area contributed by atoms with Crippen LogP contribution in [-0.2, 0) is 6.42 Å². The lowest BCUT2D eigenvalue weighted by Gasteiger charge is -2.22. The summed E-state index contributed by atoms with van der Waals surface area (Å²) in [6.45, 7) is 1.03. The number of rotatable bonds is 4. The Bertz CT molecular complexity index is 373. The third kappa shape index (κ3) is 2.52. The Morgan fingerprint density at radius 1 is 1.12 bits per heavy atom. The van der Waals surface area contributed by atoms with Gasteiger partial charge in [-0.3, -0.25) is 0 Å². The molecule has 3 atom stereocenters. The first kappa shape index (κ1) is 11.2. The van der Waals surface area contributed by atoms with E-state index >= 15 is 0 Å². The first-order valence-electron chi connectivity index (χ1n) is 6.79. The molecule has 1 aromatic carbocycles. The van der Waals surface area contributed by atoms with Crippen molar-refractivity contribution in [3.05, 3.63) is 35.6 Å². The molecule has 2 fully saturated rings. The van der Waals surface area contributed by atoms with Crippen LogP contribution in [0.4, 0.5) is 4.39 Å². The molecule has 0 heterocycles. The van der Waals surface area contributed by atoms with Crippen molar-refractivity contribution in [2.45, 2.75) is 38.1 Å². The number of hydrogen-bond acceptors (Lipinski definition) is 1. The maximum atomic E-state index is 12.7. The van der Waals surface area contributed by atoms with Crippen molar-refractivity contribution >= 4 is 0 Å². The predicted molar refractivity (Wildman–Crippen MR) is 67.3 cm³/mol. The summed E-state index contributed by atoms with van der Waals surface area (Å²) in [4.78, 5) is 0. The lowest BCUT2D eigenvalue weighted by molar-refractivity contribution is 0.354. The van der Waals surface area contributed by atoms with Crippen LogP contribution in [0.1, 0.15) is 31.2 Å². The zero-order valence-corrected chi connectivity index (χ0v) is 10.2. The van der Waals surface area contributed by atoms with Crippen molar-refractivity contribution < 1.29 is 4.39 Å². The minimum absolute atomic E-state index is 0.144. The van der Waals surface area contributed by atoms with Crippen LogP contribution in [0.2, 0.25) is 0 Å². The van der Waals surface area contributed by atoms with Gasteiger partial charge in [0.05, 0.1) is 0 Å². The summed E-state index contributed by atoms with van der Waals surface area (Å²) < 4.78 is 12.7. The van der Waals surface area contributed by atoms with E-state index in [1.54, 1.807) is 12.1 Å². The summed E-state index contributed by atoms with van der Waals surface area (Å²) in [6, 6.07) is 7.63. The van der Waals surface area contributed by atoms with Crippen LogP contribution in [0.25, 0.3) is 0 Å². The molecule has 0 amide bonds. The van der Waals surface area contributed by atoms with Crippen LogP contribution in [0, 0.1) is 17.7 Å². The van der Waals surface area contributed by atoms with E-state index in [1.165, 1.54) is 31.2 Å². The van der Waals surface area contributed by atoms with Crippen molar-refractivity contribution in [2.75, 3.05) is 6.54 Å². The standard InChI is InChI=1S/C15H20FN/c16-14-5-2-11(3-6-14)7-8-17-15-10-12-1-4-13(15)9-12/h2-3,5-6,12-13,15,17H,1,4,7-10H2. The van der Waals surface area contributed by atoms with Crippen molar-refractivity contribution in [2.24, 2.45) is 11.8 Å². The van der Waals surface area contributed by atoms with Crippen molar-refractivity contribution in [1.29, 1.82) is 0 Å². The molecule has 1 nitrogen and oxygen atoms in total.